The zero-order valence-electron chi connectivity index (χ0n) is 18.5. The largest absolute Gasteiger partial charge is 0.345 e. The molecule has 0 aliphatic carbocycles. The van der Waals surface area contributed by atoms with E-state index in [4.69, 9.17) is 0 Å². The molecule has 2 aromatic carbocycles. The number of alkyl halides is 2. The van der Waals surface area contributed by atoms with Crippen LogP contribution in [0, 0.1) is 5.82 Å². The molecule has 0 bridgehead atoms. The summed E-state index contributed by atoms with van der Waals surface area (Å²) in [6.07, 6.45) is 2.57. The van der Waals surface area contributed by atoms with Crippen LogP contribution in [0.1, 0.15) is 24.9 Å². The van der Waals surface area contributed by atoms with E-state index >= 15 is 0 Å². The summed E-state index contributed by atoms with van der Waals surface area (Å²) < 4.78 is 42.0. The van der Waals surface area contributed by atoms with Gasteiger partial charge in [0.25, 0.3) is 5.91 Å². The van der Waals surface area contributed by atoms with E-state index in [1.54, 1.807) is 53.3 Å². The van der Waals surface area contributed by atoms with Crippen LogP contribution in [0.15, 0.2) is 73.1 Å². The first-order valence-electron chi connectivity index (χ1n) is 10.9. The lowest BCUT2D eigenvalue weighted by atomic mass is 9.99. The smallest absolute Gasteiger partial charge is 0.321 e. The molecule has 2 amide bonds. The Morgan fingerprint density at radius 1 is 1.09 bits per heavy atom. The standard InChI is InChI=1S/C25H20F3N5O2/c1-25(27,28)24(35)31-19-12-22(34)32(23(19)15-5-3-2-4-6-15)18-8-9-20-16(11-18)13-30-33(20)21-10-7-17(26)14-29-21/h2-11,13-14,19,23H,12H2,1H3,(H,31,35). The molecule has 10 heteroatoms. The predicted octanol–water partition coefficient (Wildman–Crippen LogP) is 4.18. The second-order valence-electron chi connectivity index (χ2n) is 8.43. The van der Waals surface area contributed by atoms with Gasteiger partial charge in [-0.1, -0.05) is 30.3 Å². The molecule has 0 saturated carbocycles. The molecule has 4 aromatic rings. The van der Waals surface area contributed by atoms with E-state index in [1.165, 1.54) is 17.0 Å². The monoisotopic (exact) mass is 479 g/mol. The second kappa shape index (κ2) is 8.53. The molecule has 2 aromatic heterocycles. The fraction of sp³-hybridized carbons (Fsp3) is 0.200. The maximum atomic E-state index is 13.6. The summed E-state index contributed by atoms with van der Waals surface area (Å²) in [6.45, 7) is 0.524. The summed E-state index contributed by atoms with van der Waals surface area (Å²) in [7, 11) is 0. The number of pyridine rings is 1. The van der Waals surface area contributed by atoms with Crippen molar-refractivity contribution in [3.8, 4) is 5.82 Å². The average molecular weight is 479 g/mol. The van der Waals surface area contributed by atoms with Gasteiger partial charge in [0, 0.05) is 24.4 Å². The van der Waals surface area contributed by atoms with Crippen LogP contribution in [0.4, 0.5) is 18.9 Å². The number of anilines is 1. The summed E-state index contributed by atoms with van der Waals surface area (Å²) in [5.41, 5.74) is 1.92. The number of hydrogen-bond donors (Lipinski definition) is 1. The highest BCUT2D eigenvalue weighted by Gasteiger charge is 2.45. The molecule has 2 atom stereocenters. The van der Waals surface area contributed by atoms with Gasteiger partial charge in [0.15, 0.2) is 5.82 Å². The number of amides is 2. The molecule has 1 aliphatic rings. The normalized spacial score (nSPS) is 18.3. The molecule has 1 N–H and O–H groups in total. The Balaban J connectivity index is 1.53. The fourth-order valence-corrected chi connectivity index (χ4v) is 4.34. The van der Waals surface area contributed by atoms with Crippen molar-refractivity contribution in [2.24, 2.45) is 0 Å². The molecule has 1 saturated heterocycles. The van der Waals surface area contributed by atoms with E-state index in [0.717, 1.165) is 6.20 Å². The number of fused-ring (bicyclic) bond motifs is 1. The minimum atomic E-state index is -3.57. The molecule has 7 nitrogen and oxygen atoms in total. The first kappa shape index (κ1) is 22.6. The number of halogens is 3. The lowest BCUT2D eigenvalue weighted by molar-refractivity contribution is -0.143. The van der Waals surface area contributed by atoms with E-state index in [9.17, 15) is 22.8 Å². The minimum Gasteiger partial charge on any atom is -0.345 e. The van der Waals surface area contributed by atoms with Crippen LogP contribution in [-0.4, -0.2) is 38.5 Å². The number of aromatic nitrogens is 3. The zero-order valence-corrected chi connectivity index (χ0v) is 18.5. The van der Waals surface area contributed by atoms with Gasteiger partial charge in [-0.05, 0) is 35.9 Å². The molecule has 3 heterocycles. The van der Waals surface area contributed by atoms with Crippen LogP contribution in [0.25, 0.3) is 16.7 Å². The lowest BCUT2D eigenvalue weighted by Crippen LogP contribution is -2.46. The first-order valence-corrected chi connectivity index (χ1v) is 10.9. The van der Waals surface area contributed by atoms with Gasteiger partial charge in [-0.2, -0.15) is 13.9 Å². The van der Waals surface area contributed by atoms with Crippen molar-refractivity contribution < 1.29 is 22.8 Å². The quantitative estimate of drug-likeness (QED) is 0.466. The molecule has 5 rings (SSSR count). The Bertz CT molecular complexity index is 1400. The van der Waals surface area contributed by atoms with E-state index in [-0.39, 0.29) is 12.3 Å². The van der Waals surface area contributed by atoms with Crippen molar-refractivity contribution in [3.63, 3.8) is 0 Å². The average Bonchev–Trinajstić information content (AvgIpc) is 3.39. The van der Waals surface area contributed by atoms with Crippen LogP contribution >= 0.6 is 0 Å². The van der Waals surface area contributed by atoms with E-state index in [1.807, 2.05) is 6.07 Å². The number of benzene rings is 2. The van der Waals surface area contributed by atoms with E-state index in [0.29, 0.717) is 34.9 Å². The molecule has 35 heavy (non-hydrogen) atoms. The highest BCUT2D eigenvalue weighted by molar-refractivity contribution is 6.00. The summed E-state index contributed by atoms with van der Waals surface area (Å²) in [4.78, 5) is 30.7. The Kier molecular flexibility index (Phi) is 5.50. The van der Waals surface area contributed by atoms with Gasteiger partial charge in [0.1, 0.15) is 5.82 Å². The Hall–Kier alpha value is -4.21. The molecule has 2 unspecified atom stereocenters. The fourth-order valence-electron chi connectivity index (χ4n) is 4.34. The summed E-state index contributed by atoms with van der Waals surface area (Å²) in [5, 5.41) is 7.38. The van der Waals surface area contributed by atoms with Crippen molar-refractivity contribution in [2.75, 3.05) is 4.90 Å². The van der Waals surface area contributed by atoms with Crippen molar-refractivity contribution in [1.82, 2.24) is 20.1 Å². The Morgan fingerprint density at radius 3 is 2.54 bits per heavy atom. The maximum Gasteiger partial charge on any atom is 0.321 e. The number of nitrogens with one attached hydrogen (secondary N) is 1. The number of carbonyl (C=O) groups excluding carboxylic acids is 2. The topological polar surface area (TPSA) is 80.1 Å². The van der Waals surface area contributed by atoms with Gasteiger partial charge in [-0.3, -0.25) is 9.59 Å². The van der Waals surface area contributed by atoms with E-state index < -0.39 is 29.7 Å². The Labute approximate surface area is 198 Å². The van der Waals surface area contributed by atoms with Crippen molar-refractivity contribution in [1.29, 1.82) is 0 Å². The van der Waals surface area contributed by atoms with Crippen LogP contribution in [0.2, 0.25) is 0 Å². The highest BCUT2D eigenvalue weighted by atomic mass is 19.3. The van der Waals surface area contributed by atoms with Crippen LogP contribution in [0.3, 0.4) is 0 Å². The summed E-state index contributed by atoms with van der Waals surface area (Å²) in [6, 6.07) is 15.4. The van der Waals surface area contributed by atoms with Gasteiger partial charge in [0.2, 0.25) is 5.91 Å². The van der Waals surface area contributed by atoms with Crippen LogP contribution in [0.5, 0.6) is 0 Å². The van der Waals surface area contributed by atoms with Crippen LogP contribution < -0.4 is 10.2 Å². The molecule has 178 valence electrons. The molecular weight excluding hydrogens is 459 g/mol. The van der Waals surface area contributed by atoms with Crippen molar-refractivity contribution >= 4 is 28.4 Å². The third-order valence-electron chi connectivity index (χ3n) is 5.94. The van der Waals surface area contributed by atoms with Crippen molar-refractivity contribution in [2.45, 2.75) is 31.4 Å². The summed E-state index contributed by atoms with van der Waals surface area (Å²) >= 11 is 0. The van der Waals surface area contributed by atoms with E-state index in [2.05, 4.69) is 15.4 Å². The zero-order chi connectivity index (χ0) is 24.7. The molecular formula is C25H20F3N5O2. The number of nitrogens with zero attached hydrogens (tertiary/aromatic N) is 4. The SMILES string of the molecule is CC(F)(F)C(=O)NC1CC(=O)N(c2ccc3c(cnn3-c3ccc(F)cn3)c2)C1c1ccccc1. The van der Waals surface area contributed by atoms with Gasteiger partial charge >= 0.3 is 5.92 Å². The predicted molar refractivity (Wildman–Crippen MR) is 123 cm³/mol. The third kappa shape index (κ3) is 4.23. The number of hydrogen-bond acceptors (Lipinski definition) is 4. The minimum absolute atomic E-state index is 0.127. The highest BCUT2D eigenvalue weighted by Crippen LogP contribution is 2.39. The molecule has 1 aliphatic heterocycles. The van der Waals surface area contributed by atoms with Crippen molar-refractivity contribution in [3.05, 3.63) is 84.4 Å². The molecule has 1 fully saturated rings. The van der Waals surface area contributed by atoms with Gasteiger partial charge < -0.3 is 10.2 Å². The summed E-state index contributed by atoms with van der Waals surface area (Å²) in [5.74, 6) is -5.34. The molecule has 0 radical (unpaired) electrons. The van der Waals surface area contributed by atoms with Gasteiger partial charge in [0.05, 0.1) is 30.0 Å². The van der Waals surface area contributed by atoms with Gasteiger partial charge in [-0.25, -0.2) is 14.1 Å². The lowest BCUT2D eigenvalue weighted by Gasteiger charge is -2.29. The second-order valence-corrected chi connectivity index (χ2v) is 8.43. The Morgan fingerprint density at radius 2 is 1.86 bits per heavy atom. The maximum absolute atomic E-state index is 13.6. The number of rotatable bonds is 5. The van der Waals surface area contributed by atoms with Crippen LogP contribution in [-0.2, 0) is 9.59 Å². The molecule has 0 spiro atoms. The third-order valence-corrected chi connectivity index (χ3v) is 5.94. The van der Waals surface area contributed by atoms with Gasteiger partial charge in [-0.15, -0.1) is 0 Å². The number of carbonyl (C=O) groups is 2. The first-order chi connectivity index (χ1) is 16.7.